The van der Waals surface area contributed by atoms with Crippen LogP contribution >= 0.6 is 0 Å². The smallest absolute Gasteiger partial charge is 0.256 e. The summed E-state index contributed by atoms with van der Waals surface area (Å²) in [5.41, 5.74) is 2.39. The molecule has 0 bridgehead atoms. The number of aryl methyl sites for hydroxylation is 2. The molecule has 19 heavy (non-hydrogen) atoms. The lowest BCUT2D eigenvalue weighted by molar-refractivity contribution is -0.140. The standard InChI is InChI=1S/C15H22N2O2/c1-11-4-5-12(2)13(10-11)17-14(18)15(19-3)6-8-16-9-7-15/h4-5,10,16H,6-9H2,1-3H3,(H,17,18). The highest BCUT2D eigenvalue weighted by Gasteiger charge is 2.39. The third kappa shape index (κ3) is 2.96. The number of ether oxygens (including phenoxy) is 1. The van der Waals surface area contributed by atoms with Gasteiger partial charge in [-0.25, -0.2) is 0 Å². The van der Waals surface area contributed by atoms with Gasteiger partial charge in [0.05, 0.1) is 0 Å². The van der Waals surface area contributed by atoms with Gasteiger partial charge in [-0.1, -0.05) is 12.1 Å². The second-order valence-corrected chi connectivity index (χ2v) is 5.22. The summed E-state index contributed by atoms with van der Waals surface area (Å²) in [6.45, 7) is 5.64. The first-order valence-electron chi connectivity index (χ1n) is 6.72. The molecule has 1 amide bonds. The first-order valence-corrected chi connectivity index (χ1v) is 6.72. The lowest BCUT2D eigenvalue weighted by Gasteiger charge is -2.34. The van der Waals surface area contributed by atoms with E-state index in [1.165, 1.54) is 0 Å². The molecule has 0 unspecified atom stereocenters. The van der Waals surface area contributed by atoms with Crippen LogP contribution < -0.4 is 10.6 Å². The molecule has 0 aliphatic carbocycles. The van der Waals surface area contributed by atoms with E-state index in [-0.39, 0.29) is 5.91 Å². The SMILES string of the molecule is COC1(C(=O)Nc2cc(C)ccc2C)CCNCC1. The molecule has 0 radical (unpaired) electrons. The zero-order chi connectivity index (χ0) is 13.9. The van der Waals surface area contributed by atoms with Crippen molar-refractivity contribution in [3.05, 3.63) is 29.3 Å². The number of piperidine rings is 1. The summed E-state index contributed by atoms with van der Waals surface area (Å²) in [6.07, 6.45) is 1.42. The summed E-state index contributed by atoms with van der Waals surface area (Å²) in [5.74, 6) is -0.0369. The number of hydrogen-bond acceptors (Lipinski definition) is 3. The van der Waals surface area contributed by atoms with E-state index in [0.717, 1.165) is 29.9 Å². The van der Waals surface area contributed by atoms with Gasteiger partial charge >= 0.3 is 0 Å². The molecule has 104 valence electrons. The minimum atomic E-state index is -0.693. The highest BCUT2D eigenvalue weighted by molar-refractivity contribution is 5.98. The Labute approximate surface area is 114 Å². The number of methoxy groups -OCH3 is 1. The van der Waals surface area contributed by atoms with Crippen LogP contribution in [0.1, 0.15) is 24.0 Å². The third-order valence-electron chi connectivity index (χ3n) is 3.86. The Bertz CT molecular complexity index is 465. The lowest BCUT2D eigenvalue weighted by Crippen LogP contribution is -2.51. The van der Waals surface area contributed by atoms with Crippen molar-refractivity contribution in [2.24, 2.45) is 0 Å². The van der Waals surface area contributed by atoms with Crippen molar-refractivity contribution in [2.75, 3.05) is 25.5 Å². The van der Waals surface area contributed by atoms with E-state index in [2.05, 4.69) is 10.6 Å². The summed E-state index contributed by atoms with van der Waals surface area (Å²) in [5, 5.41) is 6.27. The molecule has 4 nitrogen and oxygen atoms in total. The van der Waals surface area contributed by atoms with Gasteiger partial charge in [0.1, 0.15) is 5.60 Å². The Morgan fingerprint density at radius 3 is 2.63 bits per heavy atom. The fourth-order valence-corrected chi connectivity index (χ4v) is 2.46. The summed E-state index contributed by atoms with van der Waals surface area (Å²) >= 11 is 0. The first-order chi connectivity index (χ1) is 9.07. The van der Waals surface area contributed by atoms with Gasteiger partial charge in [0.2, 0.25) is 0 Å². The summed E-state index contributed by atoms with van der Waals surface area (Å²) in [7, 11) is 1.62. The fourth-order valence-electron chi connectivity index (χ4n) is 2.46. The number of rotatable bonds is 3. The highest BCUT2D eigenvalue weighted by atomic mass is 16.5. The van der Waals surface area contributed by atoms with Crippen LogP contribution in [0.2, 0.25) is 0 Å². The van der Waals surface area contributed by atoms with Crippen molar-refractivity contribution in [3.8, 4) is 0 Å². The minimum Gasteiger partial charge on any atom is -0.368 e. The number of anilines is 1. The molecular formula is C15H22N2O2. The average molecular weight is 262 g/mol. The van der Waals surface area contributed by atoms with Gasteiger partial charge in [-0.3, -0.25) is 4.79 Å². The van der Waals surface area contributed by atoms with Gasteiger partial charge in [-0.15, -0.1) is 0 Å². The molecule has 1 aromatic carbocycles. The number of benzene rings is 1. The Morgan fingerprint density at radius 2 is 2.00 bits per heavy atom. The van der Waals surface area contributed by atoms with Crippen molar-refractivity contribution in [3.63, 3.8) is 0 Å². The van der Waals surface area contributed by atoms with E-state index < -0.39 is 5.60 Å². The molecule has 1 aromatic rings. The molecule has 0 atom stereocenters. The predicted octanol–water partition coefficient (Wildman–Crippen LogP) is 2.01. The van der Waals surface area contributed by atoms with Crippen LogP contribution in [0, 0.1) is 13.8 Å². The zero-order valence-corrected chi connectivity index (χ0v) is 11.9. The molecule has 1 saturated heterocycles. The Morgan fingerprint density at radius 1 is 1.32 bits per heavy atom. The predicted molar refractivity (Wildman–Crippen MR) is 76.4 cm³/mol. The molecule has 0 spiro atoms. The molecule has 1 fully saturated rings. The van der Waals surface area contributed by atoms with E-state index in [4.69, 9.17) is 4.74 Å². The Balaban J connectivity index is 2.17. The van der Waals surface area contributed by atoms with Crippen LogP contribution in [0.25, 0.3) is 0 Å². The molecule has 0 saturated carbocycles. The van der Waals surface area contributed by atoms with Crippen LogP contribution in [0.5, 0.6) is 0 Å². The highest BCUT2D eigenvalue weighted by Crippen LogP contribution is 2.25. The van der Waals surface area contributed by atoms with Crippen LogP contribution in [-0.4, -0.2) is 31.7 Å². The summed E-state index contributed by atoms with van der Waals surface area (Å²) in [6, 6.07) is 6.06. The molecule has 2 N–H and O–H groups in total. The fraction of sp³-hybridized carbons (Fsp3) is 0.533. The van der Waals surface area contributed by atoms with Gasteiger partial charge in [0, 0.05) is 12.8 Å². The maximum atomic E-state index is 12.5. The average Bonchev–Trinajstić information content (AvgIpc) is 2.43. The number of nitrogens with one attached hydrogen (secondary N) is 2. The van der Waals surface area contributed by atoms with Crippen molar-refractivity contribution in [2.45, 2.75) is 32.3 Å². The normalized spacial score (nSPS) is 18.1. The number of carbonyl (C=O) groups excluding carboxylic acids is 1. The van der Waals surface area contributed by atoms with Crippen LogP contribution in [0.15, 0.2) is 18.2 Å². The molecule has 4 heteroatoms. The molecule has 0 aromatic heterocycles. The second-order valence-electron chi connectivity index (χ2n) is 5.22. The topological polar surface area (TPSA) is 50.4 Å². The van der Waals surface area contributed by atoms with Crippen LogP contribution in [0.4, 0.5) is 5.69 Å². The van der Waals surface area contributed by atoms with Gasteiger partial charge < -0.3 is 15.4 Å². The van der Waals surface area contributed by atoms with E-state index in [1.807, 2.05) is 32.0 Å². The Hall–Kier alpha value is -1.39. The minimum absolute atomic E-state index is 0.0369. The summed E-state index contributed by atoms with van der Waals surface area (Å²) in [4.78, 5) is 12.5. The summed E-state index contributed by atoms with van der Waals surface area (Å²) < 4.78 is 5.53. The third-order valence-corrected chi connectivity index (χ3v) is 3.86. The van der Waals surface area contributed by atoms with Crippen LogP contribution in [0.3, 0.4) is 0 Å². The number of hydrogen-bond donors (Lipinski definition) is 2. The first kappa shape index (κ1) is 14.0. The van der Waals surface area contributed by atoms with Gasteiger partial charge in [0.25, 0.3) is 5.91 Å². The van der Waals surface area contributed by atoms with Crippen molar-refractivity contribution < 1.29 is 9.53 Å². The number of amides is 1. The van der Waals surface area contributed by atoms with E-state index in [1.54, 1.807) is 7.11 Å². The van der Waals surface area contributed by atoms with Gasteiger partial charge in [-0.05, 0) is 57.0 Å². The maximum Gasteiger partial charge on any atom is 0.256 e. The second kappa shape index (κ2) is 5.72. The molecule has 1 aliphatic heterocycles. The molecular weight excluding hydrogens is 240 g/mol. The van der Waals surface area contributed by atoms with E-state index >= 15 is 0 Å². The largest absolute Gasteiger partial charge is 0.368 e. The Kier molecular flexibility index (Phi) is 4.22. The monoisotopic (exact) mass is 262 g/mol. The lowest BCUT2D eigenvalue weighted by atomic mass is 9.91. The quantitative estimate of drug-likeness (QED) is 0.876. The molecule has 2 rings (SSSR count). The molecule has 1 heterocycles. The number of carbonyl (C=O) groups is 1. The maximum absolute atomic E-state index is 12.5. The van der Waals surface area contributed by atoms with Gasteiger partial charge in [0.15, 0.2) is 0 Å². The van der Waals surface area contributed by atoms with Crippen molar-refractivity contribution in [1.82, 2.24) is 5.32 Å². The van der Waals surface area contributed by atoms with Crippen LogP contribution in [-0.2, 0) is 9.53 Å². The van der Waals surface area contributed by atoms with Crippen molar-refractivity contribution in [1.29, 1.82) is 0 Å². The zero-order valence-electron chi connectivity index (χ0n) is 11.9. The van der Waals surface area contributed by atoms with E-state index in [9.17, 15) is 4.79 Å². The van der Waals surface area contributed by atoms with Gasteiger partial charge in [-0.2, -0.15) is 0 Å². The van der Waals surface area contributed by atoms with Crippen molar-refractivity contribution >= 4 is 11.6 Å². The molecule has 1 aliphatic rings. The van der Waals surface area contributed by atoms with E-state index in [0.29, 0.717) is 12.8 Å².